The van der Waals surface area contributed by atoms with Crippen molar-refractivity contribution in [3.63, 3.8) is 0 Å². The normalized spacial score (nSPS) is 14.0. The average molecular weight is 651 g/mol. The van der Waals surface area contributed by atoms with Gasteiger partial charge in [0.2, 0.25) is 0 Å². The predicted octanol–water partition coefficient (Wildman–Crippen LogP) is 8.22. The summed E-state index contributed by atoms with van der Waals surface area (Å²) >= 11 is 0. The Balaban J connectivity index is 1.44. The monoisotopic (exact) mass is 650 g/mol. The van der Waals surface area contributed by atoms with Gasteiger partial charge in [-0.25, -0.2) is 13.2 Å². The number of benzene rings is 4. The van der Waals surface area contributed by atoms with Crippen molar-refractivity contribution in [1.82, 2.24) is 0 Å². The van der Waals surface area contributed by atoms with E-state index < -0.39 is 32.6 Å². The highest BCUT2D eigenvalue weighted by atomic mass is 32.2. The zero-order chi connectivity index (χ0) is 33.1. The first kappa shape index (κ1) is 32.7. The number of hydrogen-bond donors (Lipinski definition) is 0. The summed E-state index contributed by atoms with van der Waals surface area (Å²) in [5, 5.41) is 0. The van der Waals surface area contributed by atoms with Crippen molar-refractivity contribution >= 4 is 33.0 Å². The van der Waals surface area contributed by atoms with Crippen molar-refractivity contribution in [3.05, 3.63) is 108 Å². The van der Waals surface area contributed by atoms with E-state index >= 15 is 0 Å². The first-order valence-corrected chi connectivity index (χ1v) is 16.5. The van der Waals surface area contributed by atoms with E-state index in [1.165, 1.54) is 18.6 Å². The highest BCUT2D eigenvalue weighted by Gasteiger charge is 2.35. The molecule has 0 bridgehead atoms. The second kappa shape index (κ2) is 13.4. The van der Waals surface area contributed by atoms with E-state index in [2.05, 4.69) is 11.7 Å². The molecule has 1 aliphatic heterocycles. The zero-order valence-corrected chi connectivity index (χ0v) is 26.2. The smallest absolute Gasteiger partial charge is 0.404 e. The Labute approximate surface area is 266 Å². The number of ether oxygens (including phenoxy) is 1. The molecule has 0 unspecified atom stereocenters. The molecule has 7 nitrogen and oxygen atoms in total. The minimum Gasteiger partial charge on any atom is -0.404 e. The first-order valence-electron chi connectivity index (χ1n) is 14.9. The van der Waals surface area contributed by atoms with Crippen LogP contribution in [-0.4, -0.2) is 39.7 Å². The molecule has 46 heavy (non-hydrogen) atoms. The molecule has 4 aromatic rings. The van der Waals surface area contributed by atoms with Crippen LogP contribution in [0.25, 0.3) is 11.1 Å². The largest absolute Gasteiger partial charge is 0.573 e. The number of sulfone groups is 1. The van der Waals surface area contributed by atoms with Crippen LogP contribution < -0.4 is 14.5 Å². The van der Waals surface area contributed by atoms with Crippen molar-refractivity contribution in [3.8, 4) is 16.9 Å². The molecule has 0 spiro atoms. The third-order valence-electron chi connectivity index (χ3n) is 7.70. The number of Topliss-reactive ketones (excluding diaryl/α,β-unsaturated/α-hetero) is 1. The van der Waals surface area contributed by atoms with Gasteiger partial charge in [-0.3, -0.25) is 14.6 Å². The highest BCUT2D eigenvalue weighted by Crippen LogP contribution is 2.36. The molecule has 0 saturated carbocycles. The fourth-order valence-corrected chi connectivity index (χ4v) is 7.00. The van der Waals surface area contributed by atoms with E-state index in [-0.39, 0.29) is 17.4 Å². The van der Waals surface area contributed by atoms with E-state index in [9.17, 15) is 31.2 Å². The SMILES string of the molecule is CCCc1ccc(N2CCCN(c3cccc(CS(=O)(=O)c4cc(-c5cccc(C(C)=O)c5)ccc4OC(F)(F)F)c3)C2=O)cc1. The maximum absolute atomic E-state index is 13.7. The first-order chi connectivity index (χ1) is 21.8. The number of urea groups is 1. The molecule has 0 aliphatic carbocycles. The summed E-state index contributed by atoms with van der Waals surface area (Å²) in [4.78, 5) is 28.0. The van der Waals surface area contributed by atoms with E-state index in [0.29, 0.717) is 41.9 Å². The van der Waals surface area contributed by atoms with Gasteiger partial charge in [-0.15, -0.1) is 13.2 Å². The van der Waals surface area contributed by atoms with Gasteiger partial charge in [0, 0.05) is 30.0 Å². The minimum atomic E-state index is -5.13. The van der Waals surface area contributed by atoms with Crippen molar-refractivity contribution < 1.29 is 35.9 Å². The van der Waals surface area contributed by atoms with Crippen LogP contribution in [0, 0.1) is 0 Å². The summed E-state index contributed by atoms with van der Waals surface area (Å²) in [5.74, 6) is -1.72. The minimum absolute atomic E-state index is 0.216. The van der Waals surface area contributed by atoms with Crippen LogP contribution in [0.1, 0.15) is 48.2 Å². The van der Waals surface area contributed by atoms with Crippen LogP contribution in [-0.2, 0) is 22.0 Å². The summed E-state index contributed by atoms with van der Waals surface area (Å²) in [5.41, 5.74) is 3.83. The van der Waals surface area contributed by atoms with Gasteiger partial charge < -0.3 is 4.74 Å². The Kier molecular flexibility index (Phi) is 9.52. The molecule has 1 saturated heterocycles. The number of anilines is 2. The molecule has 1 aliphatic rings. The van der Waals surface area contributed by atoms with E-state index in [0.717, 1.165) is 30.7 Å². The maximum Gasteiger partial charge on any atom is 0.573 e. The van der Waals surface area contributed by atoms with Crippen LogP contribution in [0.15, 0.2) is 95.9 Å². The summed E-state index contributed by atoms with van der Waals surface area (Å²) in [6, 6.07) is 23.8. The Hall–Kier alpha value is -4.64. The van der Waals surface area contributed by atoms with Crippen LogP contribution in [0.5, 0.6) is 5.75 Å². The molecule has 1 fully saturated rings. The average Bonchev–Trinajstić information content (AvgIpc) is 3.01. The lowest BCUT2D eigenvalue weighted by atomic mass is 10.0. The number of carbonyl (C=O) groups excluding carboxylic acids is 2. The van der Waals surface area contributed by atoms with Crippen LogP contribution in [0.4, 0.5) is 29.3 Å². The fourth-order valence-electron chi connectivity index (χ4n) is 5.50. The highest BCUT2D eigenvalue weighted by molar-refractivity contribution is 7.90. The Morgan fingerprint density at radius 2 is 1.50 bits per heavy atom. The van der Waals surface area contributed by atoms with Crippen molar-refractivity contribution in [1.29, 1.82) is 0 Å². The van der Waals surface area contributed by atoms with E-state index in [1.54, 1.807) is 58.3 Å². The summed E-state index contributed by atoms with van der Waals surface area (Å²) in [7, 11) is -4.40. The molecule has 11 heteroatoms. The van der Waals surface area contributed by atoms with Gasteiger partial charge in [0.1, 0.15) is 10.6 Å². The second-order valence-electron chi connectivity index (χ2n) is 11.1. The lowest BCUT2D eigenvalue weighted by molar-refractivity contribution is -0.275. The molecule has 0 N–H and O–H groups in total. The molecule has 0 radical (unpaired) electrons. The van der Waals surface area contributed by atoms with Crippen molar-refractivity contribution in [2.24, 2.45) is 0 Å². The molecule has 4 aromatic carbocycles. The van der Waals surface area contributed by atoms with Gasteiger partial charge in [-0.2, -0.15) is 0 Å². The number of rotatable bonds is 10. The number of hydrogen-bond acceptors (Lipinski definition) is 5. The van der Waals surface area contributed by atoms with Crippen LogP contribution in [0.3, 0.4) is 0 Å². The van der Waals surface area contributed by atoms with Crippen LogP contribution >= 0.6 is 0 Å². The number of carbonyl (C=O) groups is 2. The maximum atomic E-state index is 13.7. The molecule has 0 aromatic heterocycles. The Morgan fingerprint density at radius 3 is 2.17 bits per heavy atom. The van der Waals surface area contributed by atoms with Gasteiger partial charge in [-0.05, 0) is 84.5 Å². The van der Waals surface area contributed by atoms with Crippen molar-refractivity contribution in [2.45, 2.75) is 50.1 Å². The molecule has 240 valence electrons. The number of alkyl halides is 3. The van der Waals surface area contributed by atoms with Gasteiger partial charge >= 0.3 is 12.4 Å². The third kappa shape index (κ3) is 7.59. The number of nitrogens with zero attached hydrogens (tertiary/aromatic N) is 2. The molecular weight excluding hydrogens is 617 g/mol. The number of amides is 2. The lowest BCUT2D eigenvalue weighted by Crippen LogP contribution is -2.49. The molecule has 1 heterocycles. The molecule has 2 amide bonds. The number of aryl methyl sites for hydroxylation is 1. The van der Waals surface area contributed by atoms with E-state index in [4.69, 9.17) is 0 Å². The topological polar surface area (TPSA) is 84.0 Å². The molecular formula is C35H33F3N2O5S. The zero-order valence-electron chi connectivity index (χ0n) is 25.4. The summed E-state index contributed by atoms with van der Waals surface area (Å²) < 4.78 is 71.5. The van der Waals surface area contributed by atoms with Crippen LogP contribution in [0.2, 0.25) is 0 Å². The quantitative estimate of drug-likeness (QED) is 0.162. The number of halogens is 3. The van der Waals surface area contributed by atoms with Gasteiger partial charge in [0.15, 0.2) is 15.6 Å². The second-order valence-corrected chi connectivity index (χ2v) is 13.1. The van der Waals surface area contributed by atoms with E-state index in [1.807, 2.05) is 24.3 Å². The Bertz CT molecular complexity index is 1860. The molecule has 0 atom stereocenters. The molecule has 5 rings (SSSR count). The van der Waals surface area contributed by atoms with Gasteiger partial charge in [0.25, 0.3) is 0 Å². The number of ketones is 1. The third-order valence-corrected chi connectivity index (χ3v) is 9.40. The summed E-state index contributed by atoms with van der Waals surface area (Å²) in [6.45, 7) is 4.43. The van der Waals surface area contributed by atoms with Gasteiger partial charge in [-0.1, -0.05) is 61.9 Å². The predicted molar refractivity (Wildman–Crippen MR) is 171 cm³/mol. The van der Waals surface area contributed by atoms with Crippen molar-refractivity contribution in [2.75, 3.05) is 22.9 Å². The summed E-state index contributed by atoms with van der Waals surface area (Å²) in [6.07, 6.45) is -2.49. The fraction of sp³-hybridized carbons (Fsp3) is 0.257. The standard InChI is InChI=1S/C35H33F3N2O5S/c1-3-7-25-12-15-30(16-13-25)39-18-6-19-40(34(39)42)31-11-4-8-26(20-31)23-46(43,44)33-22-29(14-17-32(33)45-35(36,37)38)28-10-5-9-27(21-28)24(2)41/h4-5,8-17,20-22H,3,6-7,18-19,23H2,1-2H3. The Morgan fingerprint density at radius 1 is 0.826 bits per heavy atom. The van der Waals surface area contributed by atoms with Gasteiger partial charge in [0.05, 0.1) is 5.75 Å². The lowest BCUT2D eigenvalue weighted by Gasteiger charge is -2.36.